The van der Waals surface area contributed by atoms with Gasteiger partial charge < -0.3 is 5.32 Å². The van der Waals surface area contributed by atoms with E-state index in [0.717, 1.165) is 5.56 Å². The van der Waals surface area contributed by atoms with Gasteiger partial charge in [0.05, 0.1) is 4.92 Å². The summed E-state index contributed by atoms with van der Waals surface area (Å²) in [4.78, 5) is 14.3. The van der Waals surface area contributed by atoms with Gasteiger partial charge in [-0.15, -0.1) is 0 Å². The van der Waals surface area contributed by atoms with Gasteiger partial charge in [0.1, 0.15) is 6.20 Å². The van der Waals surface area contributed by atoms with Gasteiger partial charge in [-0.05, 0) is 38.3 Å². The van der Waals surface area contributed by atoms with Crippen LogP contribution in [0.5, 0.6) is 0 Å². The lowest BCUT2D eigenvalue weighted by Gasteiger charge is -2.14. The molecule has 0 aliphatic heterocycles. The second kappa shape index (κ2) is 4.57. The average molecular weight is 221 g/mol. The van der Waals surface area contributed by atoms with E-state index in [9.17, 15) is 10.1 Å². The Morgan fingerprint density at radius 2 is 2.44 bits per heavy atom. The number of aromatic nitrogens is 1. The third-order valence-electron chi connectivity index (χ3n) is 3.09. The van der Waals surface area contributed by atoms with E-state index in [4.69, 9.17) is 0 Å². The Hall–Kier alpha value is -1.49. The molecule has 16 heavy (non-hydrogen) atoms. The highest BCUT2D eigenvalue weighted by Gasteiger charge is 2.31. The molecule has 1 aliphatic rings. The highest BCUT2D eigenvalue weighted by Crippen LogP contribution is 2.34. The third kappa shape index (κ3) is 2.36. The molecule has 0 aromatic carbocycles. The largest absolute Gasteiger partial charge is 0.316 e. The van der Waals surface area contributed by atoms with Gasteiger partial charge in [0.25, 0.3) is 5.69 Å². The van der Waals surface area contributed by atoms with Crippen LogP contribution < -0.4 is 5.32 Å². The van der Waals surface area contributed by atoms with Crippen LogP contribution in [0.1, 0.15) is 18.4 Å². The second-order valence-electron chi connectivity index (χ2n) is 4.20. The smallest absolute Gasteiger partial charge is 0.290 e. The van der Waals surface area contributed by atoms with E-state index in [1.165, 1.54) is 19.0 Å². The molecule has 0 bridgehead atoms. The first kappa shape index (κ1) is 11.0. The highest BCUT2D eigenvalue weighted by atomic mass is 16.6. The molecule has 0 spiro atoms. The number of nitrogens with zero attached hydrogens (tertiary/aromatic N) is 2. The van der Waals surface area contributed by atoms with Crippen LogP contribution in [0.2, 0.25) is 0 Å². The van der Waals surface area contributed by atoms with Crippen molar-refractivity contribution in [2.45, 2.75) is 25.3 Å². The van der Waals surface area contributed by atoms with Crippen LogP contribution in [0.25, 0.3) is 0 Å². The fraction of sp³-hybridized carbons (Fsp3) is 0.545. The Balaban J connectivity index is 2.15. The van der Waals surface area contributed by atoms with Crippen LogP contribution in [-0.4, -0.2) is 23.0 Å². The minimum absolute atomic E-state index is 0.128. The predicted octanol–water partition coefficient (Wildman–Crippen LogP) is 1.53. The monoisotopic (exact) mass is 221 g/mol. The Labute approximate surface area is 94.0 Å². The van der Waals surface area contributed by atoms with Crippen LogP contribution in [0.3, 0.4) is 0 Å². The summed E-state index contributed by atoms with van der Waals surface area (Å²) in [5.41, 5.74) is 0.898. The summed E-state index contributed by atoms with van der Waals surface area (Å²) < 4.78 is 0. The van der Waals surface area contributed by atoms with Gasteiger partial charge in [-0.1, -0.05) is 0 Å². The molecule has 5 nitrogen and oxygen atoms in total. The van der Waals surface area contributed by atoms with Gasteiger partial charge in [-0.2, -0.15) is 0 Å². The molecule has 1 saturated carbocycles. The van der Waals surface area contributed by atoms with E-state index in [1.807, 2.05) is 7.05 Å². The van der Waals surface area contributed by atoms with Gasteiger partial charge in [0, 0.05) is 17.8 Å². The topological polar surface area (TPSA) is 68.1 Å². The van der Waals surface area contributed by atoms with E-state index in [-0.39, 0.29) is 10.6 Å². The van der Waals surface area contributed by atoms with Crippen molar-refractivity contribution >= 4 is 5.69 Å². The molecular formula is C11H15N3O2. The van der Waals surface area contributed by atoms with Crippen molar-refractivity contribution in [1.82, 2.24) is 10.3 Å². The molecule has 1 N–H and O–H groups in total. The second-order valence-corrected chi connectivity index (χ2v) is 4.20. The first-order valence-corrected chi connectivity index (χ1v) is 5.47. The molecule has 1 aliphatic carbocycles. The first-order valence-electron chi connectivity index (χ1n) is 5.47. The summed E-state index contributed by atoms with van der Waals surface area (Å²) in [6, 6.07) is 2.09. The molecule has 0 saturated heterocycles. The van der Waals surface area contributed by atoms with Crippen molar-refractivity contribution in [3.63, 3.8) is 0 Å². The lowest BCUT2D eigenvalue weighted by atomic mass is 10.0. The molecule has 5 heteroatoms. The average Bonchev–Trinajstić information content (AvgIpc) is 3.10. The molecule has 1 atom stereocenters. The van der Waals surface area contributed by atoms with Gasteiger partial charge in [0.2, 0.25) is 0 Å². The molecule has 86 valence electrons. The predicted molar refractivity (Wildman–Crippen MR) is 60.2 cm³/mol. The van der Waals surface area contributed by atoms with Gasteiger partial charge >= 0.3 is 0 Å². The molecule has 1 fully saturated rings. The van der Waals surface area contributed by atoms with E-state index in [2.05, 4.69) is 10.3 Å². The molecule has 1 heterocycles. The molecule has 1 aromatic rings. The first-order chi connectivity index (χ1) is 7.72. The van der Waals surface area contributed by atoms with Crippen molar-refractivity contribution < 1.29 is 4.92 Å². The number of likely N-dealkylation sites (N-methyl/N-ethyl adjacent to an activating group) is 1. The highest BCUT2D eigenvalue weighted by molar-refractivity contribution is 5.37. The summed E-state index contributed by atoms with van der Waals surface area (Å²) in [5, 5.41) is 14.1. The summed E-state index contributed by atoms with van der Waals surface area (Å²) in [6.45, 7) is 0. The molecule has 1 unspecified atom stereocenters. The Bertz CT molecular complexity index is 391. The van der Waals surface area contributed by atoms with Crippen molar-refractivity contribution in [1.29, 1.82) is 0 Å². The number of nitrogens with one attached hydrogen (secondary N) is 1. The summed E-state index contributed by atoms with van der Waals surface area (Å²) in [5.74, 6) is 0.678. The number of nitro groups is 1. The van der Waals surface area contributed by atoms with Crippen molar-refractivity contribution in [3.05, 3.63) is 34.1 Å². The van der Waals surface area contributed by atoms with E-state index in [1.54, 1.807) is 12.3 Å². The van der Waals surface area contributed by atoms with Crippen LogP contribution >= 0.6 is 0 Å². The quantitative estimate of drug-likeness (QED) is 0.604. The van der Waals surface area contributed by atoms with Crippen LogP contribution in [-0.2, 0) is 6.42 Å². The SMILES string of the molecule is CNC(Cc1ccncc1[N+](=O)[O-])C1CC1. The van der Waals surface area contributed by atoms with Crippen LogP contribution in [0.4, 0.5) is 5.69 Å². The Morgan fingerprint density at radius 1 is 1.69 bits per heavy atom. The third-order valence-corrected chi connectivity index (χ3v) is 3.09. The fourth-order valence-corrected chi connectivity index (χ4v) is 1.99. The summed E-state index contributed by atoms with van der Waals surface area (Å²) in [6.07, 6.45) is 6.10. The zero-order valence-corrected chi connectivity index (χ0v) is 9.22. The summed E-state index contributed by atoms with van der Waals surface area (Å²) in [7, 11) is 1.91. The molecule has 0 radical (unpaired) electrons. The lowest BCUT2D eigenvalue weighted by Crippen LogP contribution is -2.29. The number of hydrogen-bond acceptors (Lipinski definition) is 4. The van der Waals surface area contributed by atoms with E-state index in [0.29, 0.717) is 18.4 Å². The zero-order valence-electron chi connectivity index (χ0n) is 9.22. The minimum atomic E-state index is -0.359. The van der Waals surface area contributed by atoms with Crippen molar-refractivity contribution in [2.24, 2.45) is 5.92 Å². The molecule has 2 rings (SSSR count). The maximum absolute atomic E-state index is 10.8. The van der Waals surface area contributed by atoms with E-state index < -0.39 is 0 Å². The lowest BCUT2D eigenvalue weighted by molar-refractivity contribution is -0.385. The van der Waals surface area contributed by atoms with Crippen molar-refractivity contribution in [3.8, 4) is 0 Å². The number of rotatable bonds is 5. The Kier molecular flexibility index (Phi) is 3.14. The van der Waals surface area contributed by atoms with Gasteiger partial charge in [-0.3, -0.25) is 15.1 Å². The van der Waals surface area contributed by atoms with Crippen molar-refractivity contribution in [2.75, 3.05) is 7.05 Å². The van der Waals surface area contributed by atoms with Gasteiger partial charge in [0.15, 0.2) is 0 Å². The van der Waals surface area contributed by atoms with Crippen LogP contribution in [0, 0.1) is 16.0 Å². The zero-order chi connectivity index (χ0) is 11.5. The van der Waals surface area contributed by atoms with Crippen LogP contribution in [0.15, 0.2) is 18.5 Å². The normalized spacial score (nSPS) is 17.1. The van der Waals surface area contributed by atoms with E-state index >= 15 is 0 Å². The number of hydrogen-bond donors (Lipinski definition) is 1. The van der Waals surface area contributed by atoms with Gasteiger partial charge in [-0.25, -0.2) is 0 Å². The molecular weight excluding hydrogens is 206 g/mol. The molecule has 1 aromatic heterocycles. The maximum atomic E-state index is 10.8. The Morgan fingerprint density at radius 3 is 3.00 bits per heavy atom. The minimum Gasteiger partial charge on any atom is -0.316 e. The fourth-order valence-electron chi connectivity index (χ4n) is 1.99. The number of pyridine rings is 1. The summed E-state index contributed by atoms with van der Waals surface area (Å²) >= 11 is 0. The standard InChI is InChI=1S/C11H15N3O2/c1-12-10(8-2-3-8)6-9-4-5-13-7-11(9)14(15)16/h4-5,7-8,10,12H,2-3,6H2,1H3. The maximum Gasteiger partial charge on any atom is 0.290 e. The molecule has 0 amide bonds.